The predicted molar refractivity (Wildman–Crippen MR) is 86.3 cm³/mol. The number of nitrogens with zero attached hydrogens (tertiary/aromatic N) is 2. The van der Waals surface area contributed by atoms with Gasteiger partial charge in [0.1, 0.15) is 0 Å². The molecule has 1 heterocycles. The van der Waals surface area contributed by atoms with Crippen molar-refractivity contribution in [3.05, 3.63) is 0 Å². The summed E-state index contributed by atoms with van der Waals surface area (Å²) in [5.41, 5.74) is 0. The van der Waals surface area contributed by atoms with E-state index < -0.39 is 0 Å². The summed E-state index contributed by atoms with van der Waals surface area (Å²) in [6, 6.07) is 0.335. The normalized spacial score (nSPS) is 24.2. The minimum Gasteiger partial charge on any atom is -0.357 e. The monoisotopic (exact) mass is 294 g/mol. The second-order valence-electron chi connectivity index (χ2n) is 6.10. The first kappa shape index (κ1) is 16.1. The lowest BCUT2D eigenvalue weighted by Crippen LogP contribution is -2.45. The van der Waals surface area contributed by atoms with E-state index in [2.05, 4.69) is 27.4 Å². The van der Waals surface area contributed by atoms with Crippen molar-refractivity contribution in [3.63, 3.8) is 0 Å². The van der Waals surface area contributed by atoms with E-state index in [1.165, 1.54) is 19.3 Å². The fourth-order valence-electron chi connectivity index (χ4n) is 3.36. The Morgan fingerprint density at radius 2 is 1.95 bits per heavy atom. The predicted octanol–water partition coefficient (Wildman–Crippen LogP) is 1.74. The highest BCUT2D eigenvalue weighted by Gasteiger charge is 2.31. The van der Waals surface area contributed by atoms with Gasteiger partial charge in [0, 0.05) is 38.1 Å². The topological polar surface area (TPSA) is 56.7 Å². The van der Waals surface area contributed by atoms with Crippen LogP contribution in [-0.4, -0.2) is 49.0 Å². The maximum absolute atomic E-state index is 12.5. The Kier molecular flexibility index (Phi) is 6.33. The van der Waals surface area contributed by atoms with Crippen molar-refractivity contribution < 1.29 is 4.79 Å². The van der Waals surface area contributed by atoms with E-state index in [4.69, 9.17) is 0 Å². The lowest BCUT2D eigenvalue weighted by molar-refractivity contribution is -0.135. The lowest BCUT2D eigenvalue weighted by atomic mass is 9.88. The summed E-state index contributed by atoms with van der Waals surface area (Å²) in [5.74, 6) is 1.54. The zero-order valence-corrected chi connectivity index (χ0v) is 13.5. The largest absolute Gasteiger partial charge is 0.357 e. The highest BCUT2D eigenvalue weighted by Crippen LogP contribution is 2.26. The van der Waals surface area contributed by atoms with Gasteiger partial charge in [-0.1, -0.05) is 19.3 Å². The molecule has 120 valence electrons. The highest BCUT2D eigenvalue weighted by molar-refractivity contribution is 5.81. The zero-order valence-electron chi connectivity index (χ0n) is 13.5. The summed E-state index contributed by atoms with van der Waals surface area (Å²) in [6.45, 7) is 7.45. The minimum atomic E-state index is 0.287. The molecule has 21 heavy (non-hydrogen) atoms. The first-order valence-electron chi connectivity index (χ1n) is 8.58. The van der Waals surface area contributed by atoms with Crippen LogP contribution in [0.25, 0.3) is 0 Å². The molecular formula is C16H30N4O. The SMILES string of the molecule is CCN=C(NCC)NC1CCN(C(=O)C2CCCCC2)C1. The Hall–Kier alpha value is -1.26. The molecule has 2 fully saturated rings. The Morgan fingerprint density at radius 1 is 1.19 bits per heavy atom. The Labute approximate surface area is 128 Å². The molecule has 2 N–H and O–H groups in total. The lowest BCUT2D eigenvalue weighted by Gasteiger charge is -2.26. The second-order valence-corrected chi connectivity index (χ2v) is 6.10. The smallest absolute Gasteiger partial charge is 0.225 e. The van der Waals surface area contributed by atoms with Crippen LogP contribution in [0, 0.1) is 5.92 Å². The summed E-state index contributed by atoms with van der Waals surface area (Å²) >= 11 is 0. The van der Waals surface area contributed by atoms with E-state index in [1.54, 1.807) is 0 Å². The number of carbonyl (C=O) groups excluding carboxylic acids is 1. The van der Waals surface area contributed by atoms with Crippen molar-refractivity contribution in [3.8, 4) is 0 Å². The molecule has 0 aromatic rings. The van der Waals surface area contributed by atoms with Gasteiger partial charge in [0.05, 0.1) is 0 Å². The van der Waals surface area contributed by atoms with E-state index in [0.717, 1.165) is 51.4 Å². The quantitative estimate of drug-likeness (QED) is 0.613. The van der Waals surface area contributed by atoms with Gasteiger partial charge in [-0.25, -0.2) is 0 Å². The van der Waals surface area contributed by atoms with Gasteiger partial charge >= 0.3 is 0 Å². The fraction of sp³-hybridized carbons (Fsp3) is 0.875. The molecule has 1 aliphatic carbocycles. The molecule has 1 aliphatic heterocycles. The third-order valence-electron chi connectivity index (χ3n) is 4.46. The van der Waals surface area contributed by atoms with Crippen LogP contribution in [0.1, 0.15) is 52.4 Å². The molecule has 0 bridgehead atoms. The van der Waals surface area contributed by atoms with E-state index in [-0.39, 0.29) is 5.92 Å². The fourth-order valence-corrected chi connectivity index (χ4v) is 3.36. The Morgan fingerprint density at radius 3 is 2.62 bits per heavy atom. The summed E-state index contributed by atoms with van der Waals surface area (Å²) in [6.07, 6.45) is 6.94. The first-order valence-corrected chi connectivity index (χ1v) is 8.58. The van der Waals surface area contributed by atoms with Gasteiger partial charge in [-0.3, -0.25) is 9.79 Å². The third kappa shape index (κ3) is 4.61. The molecule has 1 amide bonds. The zero-order chi connectivity index (χ0) is 15.1. The number of amides is 1. The molecule has 1 atom stereocenters. The van der Waals surface area contributed by atoms with Gasteiger partial charge in [0.25, 0.3) is 0 Å². The summed E-state index contributed by atoms with van der Waals surface area (Å²) < 4.78 is 0. The van der Waals surface area contributed by atoms with Crippen LogP contribution in [-0.2, 0) is 4.79 Å². The summed E-state index contributed by atoms with van der Waals surface area (Å²) in [5, 5.41) is 6.70. The van der Waals surface area contributed by atoms with Gasteiger partial charge in [0.2, 0.25) is 5.91 Å². The van der Waals surface area contributed by atoms with Crippen molar-refractivity contribution in [2.24, 2.45) is 10.9 Å². The summed E-state index contributed by atoms with van der Waals surface area (Å²) in [4.78, 5) is 19.0. The van der Waals surface area contributed by atoms with Gasteiger partial charge in [-0.15, -0.1) is 0 Å². The van der Waals surface area contributed by atoms with Gasteiger partial charge < -0.3 is 15.5 Å². The van der Waals surface area contributed by atoms with Crippen LogP contribution in [0.2, 0.25) is 0 Å². The van der Waals surface area contributed by atoms with Crippen molar-refractivity contribution in [2.45, 2.75) is 58.4 Å². The average Bonchev–Trinajstić information content (AvgIpc) is 2.96. The minimum absolute atomic E-state index is 0.287. The van der Waals surface area contributed by atoms with Crippen molar-refractivity contribution in [2.75, 3.05) is 26.2 Å². The van der Waals surface area contributed by atoms with E-state index >= 15 is 0 Å². The molecule has 2 rings (SSSR count). The molecule has 0 aromatic carbocycles. The first-order chi connectivity index (χ1) is 10.2. The van der Waals surface area contributed by atoms with Crippen LogP contribution in [0.3, 0.4) is 0 Å². The van der Waals surface area contributed by atoms with E-state index in [9.17, 15) is 4.79 Å². The molecule has 1 saturated carbocycles. The third-order valence-corrected chi connectivity index (χ3v) is 4.46. The Balaban J connectivity index is 1.82. The molecule has 5 heteroatoms. The van der Waals surface area contributed by atoms with Crippen LogP contribution < -0.4 is 10.6 Å². The van der Waals surface area contributed by atoms with E-state index in [0.29, 0.717) is 11.9 Å². The number of likely N-dealkylation sites (tertiary alicyclic amines) is 1. The maximum Gasteiger partial charge on any atom is 0.225 e. The Bertz CT molecular complexity index is 363. The second kappa shape index (κ2) is 8.25. The van der Waals surface area contributed by atoms with Crippen LogP contribution in [0.5, 0.6) is 0 Å². The number of aliphatic imine (C=N–C) groups is 1. The number of nitrogens with one attached hydrogen (secondary N) is 2. The number of rotatable bonds is 4. The van der Waals surface area contributed by atoms with Crippen LogP contribution in [0.4, 0.5) is 0 Å². The molecule has 2 aliphatic rings. The number of carbonyl (C=O) groups is 1. The maximum atomic E-state index is 12.5. The molecular weight excluding hydrogens is 264 g/mol. The molecule has 5 nitrogen and oxygen atoms in total. The van der Waals surface area contributed by atoms with Crippen molar-refractivity contribution >= 4 is 11.9 Å². The molecule has 0 radical (unpaired) electrons. The van der Waals surface area contributed by atoms with Crippen LogP contribution in [0.15, 0.2) is 4.99 Å². The highest BCUT2D eigenvalue weighted by atomic mass is 16.2. The standard InChI is InChI=1S/C16H30N4O/c1-3-17-16(18-4-2)19-14-10-11-20(12-14)15(21)13-8-6-5-7-9-13/h13-14H,3-12H2,1-2H3,(H2,17,18,19). The molecule has 0 aromatic heterocycles. The van der Waals surface area contributed by atoms with Gasteiger partial charge in [0.15, 0.2) is 5.96 Å². The molecule has 1 unspecified atom stereocenters. The van der Waals surface area contributed by atoms with Crippen molar-refractivity contribution in [1.29, 1.82) is 0 Å². The van der Waals surface area contributed by atoms with Gasteiger partial charge in [-0.05, 0) is 33.1 Å². The molecule has 1 saturated heterocycles. The number of hydrogen-bond donors (Lipinski definition) is 2. The van der Waals surface area contributed by atoms with Crippen molar-refractivity contribution in [1.82, 2.24) is 15.5 Å². The number of guanidine groups is 1. The van der Waals surface area contributed by atoms with Crippen LogP contribution >= 0.6 is 0 Å². The summed E-state index contributed by atoms with van der Waals surface area (Å²) in [7, 11) is 0. The molecule has 0 spiro atoms. The van der Waals surface area contributed by atoms with Gasteiger partial charge in [-0.2, -0.15) is 0 Å². The average molecular weight is 294 g/mol. The number of hydrogen-bond acceptors (Lipinski definition) is 2. The van der Waals surface area contributed by atoms with E-state index in [1.807, 2.05) is 6.92 Å².